The monoisotopic (exact) mass is 299 g/mol. The molecule has 0 spiro atoms. The van der Waals surface area contributed by atoms with Crippen molar-refractivity contribution >= 4 is 17.5 Å². The van der Waals surface area contributed by atoms with E-state index >= 15 is 0 Å². The van der Waals surface area contributed by atoms with Gasteiger partial charge in [0.2, 0.25) is 5.91 Å². The topological polar surface area (TPSA) is 20.3 Å². The maximum atomic E-state index is 12.3. The van der Waals surface area contributed by atoms with E-state index in [1.165, 1.54) is 11.1 Å². The lowest BCUT2D eigenvalue weighted by Gasteiger charge is -2.32. The van der Waals surface area contributed by atoms with Crippen LogP contribution >= 0.6 is 11.6 Å². The standard InChI is InChI=1S/C18H18ClNO/c19-17-8-6-15(7-9-17)16-10-11-20(18(21)12-16)13-14-4-2-1-3-5-14/h1-9,16H,10-13H2/t16-/m0/s1. The molecular weight excluding hydrogens is 282 g/mol. The molecule has 1 fully saturated rings. The summed E-state index contributed by atoms with van der Waals surface area (Å²) in [4.78, 5) is 14.3. The van der Waals surface area contributed by atoms with E-state index in [-0.39, 0.29) is 5.91 Å². The fraction of sp³-hybridized carbons (Fsp3) is 0.278. The van der Waals surface area contributed by atoms with Gasteiger partial charge in [0.05, 0.1) is 0 Å². The van der Waals surface area contributed by atoms with Gasteiger partial charge < -0.3 is 4.90 Å². The summed E-state index contributed by atoms with van der Waals surface area (Å²) in [6, 6.07) is 18.0. The number of amides is 1. The molecule has 2 aromatic rings. The van der Waals surface area contributed by atoms with Gasteiger partial charge in [-0.2, -0.15) is 0 Å². The third kappa shape index (κ3) is 3.45. The van der Waals surface area contributed by atoms with Crippen LogP contribution < -0.4 is 0 Å². The van der Waals surface area contributed by atoms with Crippen LogP contribution in [0.3, 0.4) is 0 Å². The van der Waals surface area contributed by atoms with Gasteiger partial charge in [0.15, 0.2) is 0 Å². The molecule has 1 saturated heterocycles. The molecule has 1 amide bonds. The zero-order valence-electron chi connectivity index (χ0n) is 11.8. The van der Waals surface area contributed by atoms with Crippen LogP contribution in [0.5, 0.6) is 0 Å². The van der Waals surface area contributed by atoms with Crippen molar-refractivity contribution < 1.29 is 4.79 Å². The van der Waals surface area contributed by atoms with Gasteiger partial charge in [-0.3, -0.25) is 4.79 Å². The second-order valence-electron chi connectivity index (χ2n) is 5.54. The molecule has 0 aliphatic carbocycles. The van der Waals surface area contributed by atoms with E-state index < -0.39 is 0 Å². The Bertz CT molecular complexity index is 609. The number of carbonyl (C=O) groups excluding carboxylic acids is 1. The van der Waals surface area contributed by atoms with Gasteiger partial charge in [0.1, 0.15) is 0 Å². The van der Waals surface area contributed by atoms with Crippen LogP contribution in [0.4, 0.5) is 0 Å². The highest BCUT2D eigenvalue weighted by molar-refractivity contribution is 6.30. The zero-order valence-corrected chi connectivity index (χ0v) is 12.6. The summed E-state index contributed by atoms with van der Waals surface area (Å²) in [6.07, 6.45) is 1.61. The normalized spacial score (nSPS) is 18.8. The maximum Gasteiger partial charge on any atom is 0.223 e. The van der Waals surface area contributed by atoms with Crippen molar-refractivity contribution in [3.63, 3.8) is 0 Å². The molecule has 0 N–H and O–H groups in total. The second kappa shape index (κ2) is 6.31. The Morgan fingerprint density at radius 1 is 1.05 bits per heavy atom. The Morgan fingerprint density at radius 2 is 1.76 bits per heavy atom. The number of halogens is 1. The molecule has 21 heavy (non-hydrogen) atoms. The van der Waals surface area contributed by atoms with Crippen molar-refractivity contribution in [3.05, 3.63) is 70.7 Å². The number of hydrogen-bond acceptors (Lipinski definition) is 1. The van der Waals surface area contributed by atoms with Gasteiger partial charge in [-0.1, -0.05) is 54.1 Å². The minimum atomic E-state index is 0.241. The van der Waals surface area contributed by atoms with Crippen LogP contribution in [0.1, 0.15) is 29.9 Å². The molecule has 1 heterocycles. The van der Waals surface area contributed by atoms with Crippen molar-refractivity contribution in [2.45, 2.75) is 25.3 Å². The van der Waals surface area contributed by atoms with E-state index in [4.69, 9.17) is 11.6 Å². The van der Waals surface area contributed by atoms with Crippen LogP contribution in [-0.4, -0.2) is 17.4 Å². The molecule has 3 heteroatoms. The minimum absolute atomic E-state index is 0.241. The summed E-state index contributed by atoms with van der Waals surface area (Å²) in [7, 11) is 0. The number of nitrogens with zero attached hydrogens (tertiary/aromatic N) is 1. The predicted molar refractivity (Wildman–Crippen MR) is 85.3 cm³/mol. The van der Waals surface area contributed by atoms with Crippen molar-refractivity contribution in [1.29, 1.82) is 0 Å². The van der Waals surface area contributed by atoms with Crippen molar-refractivity contribution in [2.24, 2.45) is 0 Å². The third-order valence-corrected chi connectivity index (χ3v) is 4.33. The molecule has 3 rings (SSSR count). The van der Waals surface area contributed by atoms with Gasteiger partial charge in [-0.25, -0.2) is 0 Å². The van der Waals surface area contributed by atoms with Gasteiger partial charge in [0.25, 0.3) is 0 Å². The van der Waals surface area contributed by atoms with E-state index in [9.17, 15) is 4.79 Å². The number of hydrogen-bond donors (Lipinski definition) is 0. The Labute approximate surface area is 130 Å². The summed E-state index contributed by atoms with van der Waals surface area (Å²) in [5, 5.41) is 0.742. The Hall–Kier alpha value is -1.80. The van der Waals surface area contributed by atoms with Crippen molar-refractivity contribution in [2.75, 3.05) is 6.54 Å². The lowest BCUT2D eigenvalue weighted by molar-refractivity contribution is -0.134. The fourth-order valence-corrected chi connectivity index (χ4v) is 2.99. The van der Waals surface area contributed by atoms with E-state index in [1.54, 1.807) is 0 Å². The highest BCUT2D eigenvalue weighted by Gasteiger charge is 2.26. The summed E-state index contributed by atoms with van der Waals surface area (Å²) in [5.74, 6) is 0.562. The van der Waals surface area contributed by atoms with Crippen LogP contribution in [0.2, 0.25) is 5.02 Å². The van der Waals surface area contributed by atoms with E-state index in [1.807, 2.05) is 47.4 Å². The first-order valence-corrected chi connectivity index (χ1v) is 7.67. The van der Waals surface area contributed by atoms with E-state index in [0.717, 1.165) is 18.0 Å². The lowest BCUT2D eigenvalue weighted by Crippen LogP contribution is -2.37. The molecule has 1 aliphatic rings. The van der Waals surface area contributed by atoms with Crippen molar-refractivity contribution in [3.8, 4) is 0 Å². The average molecular weight is 300 g/mol. The van der Waals surface area contributed by atoms with Gasteiger partial charge >= 0.3 is 0 Å². The molecule has 108 valence electrons. The number of likely N-dealkylation sites (tertiary alicyclic amines) is 1. The summed E-state index contributed by atoms with van der Waals surface area (Å²) in [5.41, 5.74) is 2.41. The lowest BCUT2D eigenvalue weighted by atomic mass is 9.89. The number of rotatable bonds is 3. The number of benzene rings is 2. The highest BCUT2D eigenvalue weighted by atomic mass is 35.5. The highest BCUT2D eigenvalue weighted by Crippen LogP contribution is 2.30. The van der Waals surface area contributed by atoms with Gasteiger partial charge in [-0.05, 0) is 35.6 Å². The van der Waals surface area contributed by atoms with Crippen LogP contribution in [-0.2, 0) is 11.3 Å². The van der Waals surface area contributed by atoms with Crippen LogP contribution in [0.25, 0.3) is 0 Å². The Kier molecular flexibility index (Phi) is 4.26. The van der Waals surface area contributed by atoms with Gasteiger partial charge in [-0.15, -0.1) is 0 Å². The largest absolute Gasteiger partial charge is 0.338 e. The summed E-state index contributed by atoms with van der Waals surface area (Å²) in [6.45, 7) is 1.54. The summed E-state index contributed by atoms with van der Waals surface area (Å²) < 4.78 is 0. The molecule has 1 aliphatic heterocycles. The fourth-order valence-electron chi connectivity index (χ4n) is 2.87. The maximum absolute atomic E-state index is 12.3. The Morgan fingerprint density at radius 3 is 2.43 bits per heavy atom. The van der Waals surface area contributed by atoms with Crippen LogP contribution in [0, 0.1) is 0 Å². The molecule has 0 radical (unpaired) electrons. The minimum Gasteiger partial charge on any atom is -0.338 e. The first-order valence-electron chi connectivity index (χ1n) is 7.29. The summed E-state index contributed by atoms with van der Waals surface area (Å²) >= 11 is 5.92. The Balaban J connectivity index is 1.64. The first-order chi connectivity index (χ1) is 10.2. The quantitative estimate of drug-likeness (QED) is 0.830. The smallest absolute Gasteiger partial charge is 0.223 e. The van der Waals surface area contributed by atoms with E-state index in [2.05, 4.69) is 12.1 Å². The molecule has 0 saturated carbocycles. The number of piperidine rings is 1. The van der Waals surface area contributed by atoms with Crippen molar-refractivity contribution in [1.82, 2.24) is 4.90 Å². The molecule has 1 atom stereocenters. The number of carbonyl (C=O) groups is 1. The predicted octanol–water partition coefficient (Wildman–Crippen LogP) is 4.25. The average Bonchev–Trinajstić information content (AvgIpc) is 2.51. The van der Waals surface area contributed by atoms with Gasteiger partial charge in [0, 0.05) is 24.5 Å². The molecule has 0 aromatic heterocycles. The second-order valence-corrected chi connectivity index (χ2v) is 5.98. The zero-order chi connectivity index (χ0) is 14.7. The first kappa shape index (κ1) is 14.2. The molecule has 0 unspecified atom stereocenters. The third-order valence-electron chi connectivity index (χ3n) is 4.08. The molecule has 0 bridgehead atoms. The molecule has 2 nitrogen and oxygen atoms in total. The molecule has 2 aromatic carbocycles. The van der Waals surface area contributed by atoms with Crippen LogP contribution in [0.15, 0.2) is 54.6 Å². The molecular formula is C18H18ClNO. The SMILES string of the molecule is O=C1C[C@@H](c2ccc(Cl)cc2)CCN1Cc1ccccc1. The van der Waals surface area contributed by atoms with E-state index in [0.29, 0.717) is 18.9 Å².